The highest BCUT2D eigenvalue weighted by molar-refractivity contribution is 14.1. The maximum atomic E-state index is 3.38. The number of nitrogens with one attached hydrogen (secondary N) is 1. The van der Waals surface area contributed by atoms with Gasteiger partial charge in [-0.2, -0.15) is 0 Å². The van der Waals surface area contributed by atoms with Crippen molar-refractivity contribution in [3.05, 3.63) is 24.3 Å². The number of fused-ring (bicyclic) bond motifs is 1. The van der Waals surface area contributed by atoms with E-state index in [2.05, 4.69) is 57.1 Å². The Hall–Kier alpha value is -0.450. The molecule has 0 atom stereocenters. The first-order chi connectivity index (χ1) is 6.42. The molecule has 0 amide bonds. The van der Waals surface area contributed by atoms with Crippen molar-refractivity contribution in [3.63, 3.8) is 0 Å². The molecule has 0 saturated heterocycles. The van der Waals surface area contributed by atoms with E-state index in [0.717, 1.165) is 13.2 Å². The smallest absolute Gasteiger partial charge is 0.0877 e. The van der Waals surface area contributed by atoms with Crippen LogP contribution in [-0.2, 0) is 0 Å². The molecule has 3 heteroatoms. The van der Waals surface area contributed by atoms with Crippen LogP contribution in [0.4, 0.5) is 11.4 Å². The largest absolute Gasteiger partial charge is 0.366 e. The molecule has 1 heterocycles. The highest BCUT2D eigenvalue weighted by Crippen LogP contribution is 2.30. The summed E-state index contributed by atoms with van der Waals surface area (Å²) >= 11 is 2.43. The molecule has 2 nitrogen and oxygen atoms in total. The van der Waals surface area contributed by atoms with Crippen LogP contribution >= 0.6 is 22.6 Å². The average molecular weight is 288 g/mol. The lowest BCUT2D eigenvalue weighted by atomic mass is 10.2. The molecule has 13 heavy (non-hydrogen) atoms. The van der Waals surface area contributed by atoms with Gasteiger partial charge < -0.3 is 10.2 Å². The topological polar surface area (TPSA) is 15.3 Å². The van der Waals surface area contributed by atoms with Crippen molar-refractivity contribution in [2.24, 2.45) is 0 Å². The second-order valence-electron chi connectivity index (χ2n) is 3.16. The molecule has 0 radical (unpaired) electrons. The van der Waals surface area contributed by atoms with Crippen molar-refractivity contribution < 1.29 is 0 Å². The molecule has 70 valence electrons. The minimum Gasteiger partial charge on any atom is -0.366 e. The minimum atomic E-state index is 0.968. The normalized spacial score (nSPS) is 14.1. The number of benzene rings is 1. The molecule has 1 N–H and O–H groups in total. The summed E-state index contributed by atoms with van der Waals surface area (Å²) < 4.78 is 1.23. The summed E-state index contributed by atoms with van der Waals surface area (Å²) in [7, 11) is 0. The lowest BCUT2D eigenvalue weighted by Crippen LogP contribution is -2.23. The van der Waals surface area contributed by atoms with Crippen molar-refractivity contribution in [1.82, 2.24) is 0 Å². The predicted molar refractivity (Wildman–Crippen MR) is 65.8 cm³/mol. The summed E-state index contributed by atoms with van der Waals surface area (Å²) in [6.07, 6.45) is 1.26. The molecule has 1 aromatic rings. The summed E-state index contributed by atoms with van der Waals surface area (Å²) in [5, 5.41) is 3.38. The number of nitrogens with zero attached hydrogens (tertiary/aromatic N) is 1. The van der Waals surface area contributed by atoms with Gasteiger partial charge in [0.15, 0.2) is 0 Å². The van der Waals surface area contributed by atoms with E-state index in [9.17, 15) is 0 Å². The van der Waals surface area contributed by atoms with Gasteiger partial charge in [-0.1, -0.05) is 34.7 Å². The second-order valence-corrected chi connectivity index (χ2v) is 4.24. The molecule has 0 unspecified atom stereocenters. The molecular weight excluding hydrogens is 275 g/mol. The highest BCUT2D eigenvalue weighted by atomic mass is 127. The molecule has 0 fully saturated rings. The van der Waals surface area contributed by atoms with Crippen molar-refractivity contribution in [2.75, 3.05) is 27.9 Å². The van der Waals surface area contributed by atoms with Gasteiger partial charge in [-0.3, -0.25) is 0 Å². The zero-order valence-electron chi connectivity index (χ0n) is 7.46. The third-order valence-corrected chi connectivity index (χ3v) is 3.03. The van der Waals surface area contributed by atoms with Gasteiger partial charge in [-0.15, -0.1) is 0 Å². The van der Waals surface area contributed by atoms with Gasteiger partial charge in [0.05, 0.1) is 18.0 Å². The van der Waals surface area contributed by atoms with Gasteiger partial charge in [0.2, 0.25) is 0 Å². The van der Waals surface area contributed by atoms with Crippen LogP contribution in [0.15, 0.2) is 24.3 Å². The third-order valence-electron chi connectivity index (χ3n) is 2.27. The van der Waals surface area contributed by atoms with Crippen LogP contribution in [0.1, 0.15) is 6.42 Å². The molecular formula is C10H13IN2. The van der Waals surface area contributed by atoms with E-state index in [4.69, 9.17) is 0 Å². The van der Waals surface area contributed by atoms with Gasteiger partial charge in [0.1, 0.15) is 0 Å². The van der Waals surface area contributed by atoms with E-state index in [0.29, 0.717) is 0 Å². The van der Waals surface area contributed by atoms with Crippen LogP contribution in [0.25, 0.3) is 0 Å². The first kappa shape index (κ1) is 9.12. The fourth-order valence-electron chi connectivity index (χ4n) is 1.61. The summed E-state index contributed by atoms with van der Waals surface area (Å²) in [5.74, 6) is 0. The zero-order chi connectivity index (χ0) is 9.10. The van der Waals surface area contributed by atoms with Crippen LogP contribution in [-0.4, -0.2) is 17.6 Å². The Morgan fingerprint density at radius 3 is 3.08 bits per heavy atom. The van der Waals surface area contributed by atoms with Crippen LogP contribution < -0.4 is 10.2 Å². The lowest BCUT2D eigenvalue weighted by molar-refractivity contribution is 0.831. The second kappa shape index (κ2) is 4.17. The number of anilines is 2. The number of alkyl halides is 1. The van der Waals surface area contributed by atoms with Crippen LogP contribution in [0.3, 0.4) is 0 Å². The Labute approximate surface area is 92.5 Å². The Bertz CT molecular complexity index is 288. The number of para-hydroxylation sites is 2. The van der Waals surface area contributed by atoms with E-state index in [1.54, 1.807) is 0 Å². The number of hydrogen-bond acceptors (Lipinski definition) is 2. The summed E-state index contributed by atoms with van der Waals surface area (Å²) in [4.78, 5) is 2.40. The number of rotatable bonds is 3. The minimum absolute atomic E-state index is 0.968. The van der Waals surface area contributed by atoms with Crippen molar-refractivity contribution in [1.29, 1.82) is 0 Å². The molecule has 0 bridgehead atoms. The first-order valence-electron chi connectivity index (χ1n) is 4.55. The van der Waals surface area contributed by atoms with Crippen molar-refractivity contribution in [3.8, 4) is 0 Å². The molecule has 0 saturated carbocycles. The van der Waals surface area contributed by atoms with Gasteiger partial charge >= 0.3 is 0 Å². The van der Waals surface area contributed by atoms with E-state index >= 15 is 0 Å². The Morgan fingerprint density at radius 1 is 1.38 bits per heavy atom. The average Bonchev–Trinajstić information content (AvgIpc) is 2.58. The van der Waals surface area contributed by atoms with Crippen molar-refractivity contribution in [2.45, 2.75) is 6.42 Å². The summed E-state index contributed by atoms with van der Waals surface area (Å²) in [6, 6.07) is 8.50. The fraction of sp³-hybridized carbons (Fsp3) is 0.400. The van der Waals surface area contributed by atoms with Gasteiger partial charge in [0.25, 0.3) is 0 Å². The van der Waals surface area contributed by atoms with Gasteiger partial charge in [0, 0.05) is 11.0 Å². The molecule has 2 rings (SSSR count). The quantitative estimate of drug-likeness (QED) is 0.679. The molecule has 0 aromatic heterocycles. The van der Waals surface area contributed by atoms with E-state index < -0.39 is 0 Å². The Morgan fingerprint density at radius 2 is 2.23 bits per heavy atom. The van der Waals surface area contributed by atoms with E-state index in [1.165, 1.54) is 22.2 Å². The zero-order valence-corrected chi connectivity index (χ0v) is 9.62. The van der Waals surface area contributed by atoms with Crippen LogP contribution in [0.5, 0.6) is 0 Å². The van der Waals surface area contributed by atoms with Crippen molar-refractivity contribution >= 4 is 34.0 Å². The summed E-state index contributed by atoms with van der Waals surface area (Å²) in [5.41, 5.74) is 2.63. The molecule has 0 aliphatic carbocycles. The van der Waals surface area contributed by atoms with E-state index in [1.807, 2.05) is 0 Å². The third kappa shape index (κ3) is 1.90. The number of hydrogen-bond donors (Lipinski definition) is 1. The standard InChI is InChI=1S/C10H13IN2/c11-6-3-7-13-8-12-9-4-1-2-5-10(9)13/h1-2,4-5,12H,3,6-8H2. The maximum Gasteiger partial charge on any atom is 0.0877 e. The fourth-order valence-corrected chi connectivity index (χ4v) is 1.96. The molecule has 0 spiro atoms. The Balaban J connectivity index is 2.09. The monoisotopic (exact) mass is 288 g/mol. The molecule has 1 aliphatic heterocycles. The molecule has 1 aliphatic rings. The lowest BCUT2D eigenvalue weighted by Gasteiger charge is -2.16. The SMILES string of the molecule is ICCCN1CNc2ccccc21. The van der Waals surface area contributed by atoms with Gasteiger partial charge in [-0.25, -0.2) is 0 Å². The highest BCUT2D eigenvalue weighted by Gasteiger charge is 2.15. The first-order valence-corrected chi connectivity index (χ1v) is 6.08. The van der Waals surface area contributed by atoms with Gasteiger partial charge in [-0.05, 0) is 18.6 Å². The van der Waals surface area contributed by atoms with Crippen LogP contribution in [0, 0.1) is 0 Å². The Kier molecular flexibility index (Phi) is 2.93. The predicted octanol–water partition coefficient (Wildman–Crippen LogP) is 2.70. The van der Waals surface area contributed by atoms with Crippen LogP contribution in [0.2, 0.25) is 0 Å². The summed E-state index contributed by atoms with van der Waals surface area (Å²) in [6.45, 7) is 2.13. The molecule has 1 aromatic carbocycles. The van der Waals surface area contributed by atoms with E-state index in [-0.39, 0.29) is 0 Å². The number of halogens is 1. The maximum absolute atomic E-state index is 3.38.